The third kappa shape index (κ3) is 4.43. The Kier molecular flexibility index (Phi) is 5.86. The van der Waals surface area contributed by atoms with Crippen LogP contribution in [0, 0.1) is 16.0 Å². The second kappa shape index (κ2) is 9.11. The molecule has 2 aliphatic rings. The minimum absolute atomic E-state index is 0.0549. The first-order chi connectivity index (χ1) is 16.5. The second-order valence-electron chi connectivity index (χ2n) is 9.01. The topological polar surface area (TPSA) is 87.5 Å². The van der Waals surface area contributed by atoms with Gasteiger partial charge in [-0.3, -0.25) is 19.8 Å². The van der Waals surface area contributed by atoms with Crippen LogP contribution in [-0.2, 0) is 11.3 Å². The molecule has 34 heavy (non-hydrogen) atoms. The molecule has 2 aliphatic heterocycles. The number of carbonyl (C=O) groups is 1. The fourth-order valence-corrected chi connectivity index (χ4v) is 4.67. The Balaban J connectivity index is 1.50. The van der Waals surface area contributed by atoms with E-state index in [9.17, 15) is 14.9 Å². The molecule has 1 fully saturated rings. The van der Waals surface area contributed by atoms with Crippen molar-refractivity contribution in [3.63, 3.8) is 0 Å². The highest BCUT2D eigenvalue weighted by Gasteiger charge is 2.30. The molecule has 0 aliphatic carbocycles. The Hall–Kier alpha value is -3.97. The minimum Gasteiger partial charge on any atom is -0.354 e. The van der Waals surface area contributed by atoms with E-state index in [0.29, 0.717) is 22.5 Å². The van der Waals surface area contributed by atoms with E-state index in [0.717, 1.165) is 36.8 Å². The maximum Gasteiger partial charge on any atom is 0.270 e. The number of hydrogen-bond donors (Lipinski definition) is 2. The van der Waals surface area contributed by atoms with Crippen LogP contribution in [0.1, 0.15) is 30.0 Å². The van der Waals surface area contributed by atoms with E-state index < -0.39 is 4.92 Å². The predicted octanol–water partition coefficient (Wildman–Crippen LogP) is 5.37. The molecule has 5 rings (SSSR count). The molecule has 0 spiro atoms. The highest BCUT2D eigenvalue weighted by molar-refractivity contribution is 6.37. The van der Waals surface area contributed by atoms with Gasteiger partial charge < -0.3 is 10.6 Å². The van der Waals surface area contributed by atoms with Gasteiger partial charge in [-0.25, -0.2) is 0 Å². The zero-order valence-corrected chi connectivity index (χ0v) is 19.0. The summed E-state index contributed by atoms with van der Waals surface area (Å²) in [4.78, 5) is 26.4. The number of nitrogens with zero attached hydrogens (tertiary/aromatic N) is 2. The van der Waals surface area contributed by atoms with Crippen LogP contribution in [0.3, 0.4) is 0 Å². The number of nitro groups is 1. The van der Waals surface area contributed by atoms with Crippen LogP contribution >= 0.6 is 0 Å². The quantitative estimate of drug-likeness (QED) is 0.297. The van der Waals surface area contributed by atoms with E-state index in [1.54, 1.807) is 6.07 Å². The third-order valence-corrected chi connectivity index (χ3v) is 6.41. The largest absolute Gasteiger partial charge is 0.354 e. The number of likely N-dealkylation sites (tertiary alicyclic amines) is 1. The zero-order valence-electron chi connectivity index (χ0n) is 19.0. The van der Waals surface area contributed by atoms with Gasteiger partial charge in [-0.05, 0) is 48.2 Å². The lowest BCUT2D eigenvalue weighted by molar-refractivity contribution is -0.384. The van der Waals surface area contributed by atoms with Gasteiger partial charge in [0.05, 0.1) is 16.2 Å². The number of non-ortho nitro benzene ring substituents is 1. The molecular weight excluding hydrogens is 428 g/mol. The number of benzene rings is 3. The highest BCUT2D eigenvalue weighted by Crippen LogP contribution is 2.39. The summed E-state index contributed by atoms with van der Waals surface area (Å²) in [5.74, 6) is 0.457. The second-order valence-corrected chi connectivity index (χ2v) is 9.01. The summed E-state index contributed by atoms with van der Waals surface area (Å²) in [5, 5.41) is 17.6. The van der Waals surface area contributed by atoms with Gasteiger partial charge in [-0.15, -0.1) is 0 Å². The van der Waals surface area contributed by atoms with Crippen LogP contribution in [0.15, 0.2) is 72.8 Å². The number of hydrogen-bond acceptors (Lipinski definition) is 5. The summed E-state index contributed by atoms with van der Waals surface area (Å²) in [5.41, 5.74) is 4.94. The summed E-state index contributed by atoms with van der Waals surface area (Å²) < 4.78 is 0. The number of amides is 1. The van der Waals surface area contributed by atoms with Crippen LogP contribution in [0.2, 0.25) is 0 Å². The smallest absolute Gasteiger partial charge is 0.270 e. The Morgan fingerprint density at radius 1 is 1.12 bits per heavy atom. The molecule has 1 saturated heterocycles. The van der Waals surface area contributed by atoms with E-state index in [1.165, 1.54) is 24.1 Å². The molecule has 1 atom stereocenters. The molecule has 2 heterocycles. The van der Waals surface area contributed by atoms with E-state index in [2.05, 4.69) is 34.6 Å². The maximum atomic E-state index is 13.0. The van der Waals surface area contributed by atoms with Crippen molar-refractivity contribution in [2.24, 2.45) is 5.92 Å². The summed E-state index contributed by atoms with van der Waals surface area (Å²) in [6.07, 6.45) is 1.25. The summed E-state index contributed by atoms with van der Waals surface area (Å²) in [6, 6.07) is 22.2. The summed E-state index contributed by atoms with van der Waals surface area (Å²) in [6.45, 7) is 5.48. The molecule has 3 aromatic carbocycles. The standard InChI is InChI=1S/C27H26N4O3/c1-18-13-14-30(16-18)17-19-7-9-21(10-8-19)28-26(20-5-3-2-4-6-20)25-23-15-22(31(33)34)11-12-24(23)29-27(25)32/h2-12,15,18,28H,13-14,16-17H2,1H3,(H,29,32)/b26-25-. The van der Waals surface area contributed by atoms with Crippen LogP contribution < -0.4 is 10.6 Å². The molecule has 0 aromatic heterocycles. The van der Waals surface area contributed by atoms with Crippen molar-refractivity contribution >= 4 is 34.2 Å². The van der Waals surface area contributed by atoms with Gasteiger partial charge in [0.25, 0.3) is 11.6 Å². The summed E-state index contributed by atoms with van der Waals surface area (Å²) in [7, 11) is 0. The fourth-order valence-electron chi connectivity index (χ4n) is 4.67. The van der Waals surface area contributed by atoms with Gasteiger partial charge in [0, 0.05) is 42.2 Å². The maximum absolute atomic E-state index is 13.0. The molecule has 7 heteroatoms. The first-order valence-electron chi connectivity index (χ1n) is 11.5. The van der Waals surface area contributed by atoms with Gasteiger partial charge >= 0.3 is 0 Å². The Morgan fingerprint density at radius 3 is 2.56 bits per heavy atom. The van der Waals surface area contributed by atoms with Crippen LogP contribution in [0.4, 0.5) is 17.1 Å². The van der Waals surface area contributed by atoms with Crippen molar-refractivity contribution in [2.45, 2.75) is 19.9 Å². The molecule has 0 bridgehead atoms. The number of anilines is 2. The zero-order chi connectivity index (χ0) is 23.7. The van der Waals surface area contributed by atoms with Crippen LogP contribution in [0.5, 0.6) is 0 Å². The first kappa shape index (κ1) is 21.9. The fraction of sp³-hybridized carbons (Fsp3) is 0.222. The number of fused-ring (bicyclic) bond motifs is 1. The lowest BCUT2D eigenvalue weighted by Crippen LogP contribution is -2.19. The molecule has 2 N–H and O–H groups in total. The number of carbonyl (C=O) groups excluding carboxylic acids is 1. The molecule has 0 saturated carbocycles. The molecule has 1 unspecified atom stereocenters. The van der Waals surface area contributed by atoms with E-state index >= 15 is 0 Å². The monoisotopic (exact) mass is 454 g/mol. The Morgan fingerprint density at radius 2 is 1.88 bits per heavy atom. The van der Waals surface area contributed by atoms with Gasteiger partial charge in [0.2, 0.25) is 0 Å². The van der Waals surface area contributed by atoms with Gasteiger partial charge in [-0.2, -0.15) is 0 Å². The normalized spacial score (nSPS) is 19.0. The van der Waals surface area contributed by atoms with Crippen molar-refractivity contribution in [3.8, 4) is 0 Å². The Bertz CT molecular complexity index is 1270. The van der Waals surface area contributed by atoms with Crippen LogP contribution in [-0.4, -0.2) is 28.8 Å². The van der Waals surface area contributed by atoms with Gasteiger partial charge in [0.15, 0.2) is 0 Å². The first-order valence-corrected chi connectivity index (χ1v) is 11.5. The number of nitrogens with one attached hydrogen (secondary N) is 2. The molecule has 1 amide bonds. The molecule has 3 aromatic rings. The van der Waals surface area contributed by atoms with Crippen LogP contribution in [0.25, 0.3) is 11.3 Å². The SMILES string of the molecule is CC1CCN(Cc2ccc(N/C(=C3\C(=O)Nc4ccc([N+](=O)[O-])cc43)c3ccccc3)cc2)C1. The average molecular weight is 455 g/mol. The van der Waals surface area contributed by atoms with Crippen molar-refractivity contribution in [1.29, 1.82) is 0 Å². The van der Waals surface area contributed by atoms with E-state index in [1.807, 2.05) is 42.5 Å². The average Bonchev–Trinajstić information content (AvgIpc) is 3.40. The lowest BCUT2D eigenvalue weighted by Gasteiger charge is -2.17. The third-order valence-electron chi connectivity index (χ3n) is 6.41. The van der Waals surface area contributed by atoms with E-state index in [-0.39, 0.29) is 11.6 Å². The van der Waals surface area contributed by atoms with Crippen molar-refractivity contribution in [1.82, 2.24) is 4.90 Å². The Labute approximate surface area is 198 Å². The predicted molar refractivity (Wildman–Crippen MR) is 134 cm³/mol. The van der Waals surface area contributed by atoms with Crippen molar-refractivity contribution in [3.05, 3.63) is 99.6 Å². The molecule has 7 nitrogen and oxygen atoms in total. The molecular formula is C27H26N4O3. The van der Waals surface area contributed by atoms with Gasteiger partial charge in [-0.1, -0.05) is 49.4 Å². The van der Waals surface area contributed by atoms with E-state index in [4.69, 9.17) is 0 Å². The van der Waals surface area contributed by atoms with Crippen molar-refractivity contribution < 1.29 is 9.72 Å². The molecule has 0 radical (unpaired) electrons. The van der Waals surface area contributed by atoms with Gasteiger partial charge in [0.1, 0.15) is 0 Å². The highest BCUT2D eigenvalue weighted by atomic mass is 16.6. The number of nitro benzene ring substituents is 1. The lowest BCUT2D eigenvalue weighted by atomic mass is 9.99. The number of rotatable bonds is 6. The van der Waals surface area contributed by atoms with Crippen molar-refractivity contribution in [2.75, 3.05) is 23.7 Å². The summed E-state index contributed by atoms with van der Waals surface area (Å²) >= 11 is 0. The minimum atomic E-state index is -0.448. The molecule has 172 valence electrons.